The van der Waals surface area contributed by atoms with Crippen molar-refractivity contribution in [1.82, 2.24) is 4.98 Å². The average molecular weight is 357 g/mol. The van der Waals surface area contributed by atoms with Crippen molar-refractivity contribution in [3.63, 3.8) is 0 Å². The summed E-state index contributed by atoms with van der Waals surface area (Å²) in [6.45, 7) is 3.41. The lowest BCUT2D eigenvalue weighted by molar-refractivity contribution is -0.119. The first-order valence-corrected chi connectivity index (χ1v) is 8.14. The Hall–Kier alpha value is -2.79. The lowest BCUT2D eigenvalue weighted by Crippen LogP contribution is -2.22. The van der Waals surface area contributed by atoms with Crippen LogP contribution in [0.1, 0.15) is 21.6 Å². The maximum Gasteiger partial charge on any atom is 0.356 e. The number of aromatic amines is 1. The predicted octanol–water partition coefficient (Wildman–Crippen LogP) is 4.23. The highest BCUT2D eigenvalue weighted by molar-refractivity contribution is 6.38. The number of benzene rings is 2. The number of carbonyl (C=O) groups excluding carboxylic acids is 2. The van der Waals surface area contributed by atoms with E-state index in [4.69, 9.17) is 16.3 Å². The summed E-state index contributed by atoms with van der Waals surface area (Å²) in [5, 5.41) is 3.79. The van der Waals surface area contributed by atoms with Gasteiger partial charge in [-0.25, -0.2) is 4.79 Å². The van der Waals surface area contributed by atoms with E-state index in [2.05, 4.69) is 10.3 Å². The number of hydrogen-bond donors (Lipinski definition) is 2. The van der Waals surface area contributed by atoms with Gasteiger partial charge in [0.15, 0.2) is 6.61 Å². The van der Waals surface area contributed by atoms with Crippen LogP contribution in [0.4, 0.5) is 5.69 Å². The second-order valence-electron chi connectivity index (χ2n) is 5.75. The third-order valence-electron chi connectivity index (χ3n) is 3.93. The zero-order valence-corrected chi connectivity index (χ0v) is 14.6. The minimum absolute atomic E-state index is 0.141. The van der Waals surface area contributed by atoms with Gasteiger partial charge in [0.2, 0.25) is 0 Å². The minimum atomic E-state index is -0.669. The van der Waals surface area contributed by atoms with Crippen LogP contribution in [0, 0.1) is 13.8 Å². The van der Waals surface area contributed by atoms with Crippen LogP contribution in [0.25, 0.3) is 10.9 Å². The van der Waals surface area contributed by atoms with E-state index in [1.165, 1.54) is 0 Å². The van der Waals surface area contributed by atoms with Gasteiger partial charge in [-0.2, -0.15) is 0 Å². The maximum absolute atomic E-state index is 12.2. The standard InChI is InChI=1S/C19H17ClN2O3/c1-11-6-5-7-12(2)17(11)22-15(23)10-25-19(24)18-16(20)13-8-3-4-9-14(13)21-18/h3-9,21H,10H2,1-2H3,(H,22,23). The van der Waals surface area contributed by atoms with Crippen molar-refractivity contribution < 1.29 is 14.3 Å². The smallest absolute Gasteiger partial charge is 0.356 e. The second kappa shape index (κ2) is 6.99. The number of carbonyl (C=O) groups is 2. The van der Waals surface area contributed by atoms with E-state index < -0.39 is 18.5 Å². The van der Waals surface area contributed by atoms with Gasteiger partial charge in [0, 0.05) is 16.6 Å². The average Bonchev–Trinajstić information content (AvgIpc) is 2.93. The fourth-order valence-corrected chi connectivity index (χ4v) is 2.93. The van der Waals surface area contributed by atoms with E-state index in [9.17, 15) is 9.59 Å². The number of fused-ring (bicyclic) bond motifs is 1. The third kappa shape index (κ3) is 3.51. The molecule has 2 N–H and O–H groups in total. The van der Waals surface area contributed by atoms with E-state index in [0.717, 1.165) is 27.7 Å². The van der Waals surface area contributed by atoms with Gasteiger partial charge in [0.25, 0.3) is 5.91 Å². The number of amides is 1. The number of rotatable bonds is 4. The summed E-state index contributed by atoms with van der Waals surface area (Å²) in [7, 11) is 0. The number of esters is 1. The Morgan fingerprint density at radius 3 is 2.44 bits per heavy atom. The molecule has 1 aromatic heterocycles. The number of ether oxygens (including phenoxy) is 1. The molecule has 0 aliphatic carbocycles. The fourth-order valence-electron chi connectivity index (χ4n) is 2.64. The summed E-state index contributed by atoms with van der Waals surface area (Å²) >= 11 is 6.21. The van der Waals surface area contributed by atoms with Gasteiger partial charge in [-0.15, -0.1) is 0 Å². The van der Waals surface area contributed by atoms with Crippen molar-refractivity contribution in [3.05, 3.63) is 64.3 Å². The molecule has 3 rings (SSSR count). The summed E-state index contributed by atoms with van der Waals surface area (Å²) in [6.07, 6.45) is 0. The Balaban J connectivity index is 1.67. The highest BCUT2D eigenvalue weighted by atomic mass is 35.5. The summed E-state index contributed by atoms with van der Waals surface area (Å²) < 4.78 is 5.09. The quantitative estimate of drug-likeness (QED) is 0.687. The molecule has 0 fully saturated rings. The molecule has 3 aromatic rings. The van der Waals surface area contributed by atoms with Crippen LogP contribution in [-0.4, -0.2) is 23.5 Å². The first-order chi connectivity index (χ1) is 12.0. The van der Waals surface area contributed by atoms with E-state index in [0.29, 0.717) is 0 Å². The first kappa shape index (κ1) is 17.0. The largest absolute Gasteiger partial charge is 0.451 e. The lowest BCUT2D eigenvalue weighted by atomic mass is 10.1. The monoisotopic (exact) mass is 356 g/mol. The Morgan fingerprint density at radius 1 is 1.08 bits per heavy atom. The third-order valence-corrected chi connectivity index (χ3v) is 4.32. The molecule has 0 unspecified atom stereocenters. The molecule has 0 saturated carbocycles. The summed E-state index contributed by atoms with van der Waals surface area (Å²) in [4.78, 5) is 27.2. The van der Waals surface area contributed by atoms with Crippen molar-refractivity contribution in [2.24, 2.45) is 0 Å². The Labute approximate surface area is 149 Å². The van der Waals surface area contributed by atoms with Crippen molar-refractivity contribution in [1.29, 1.82) is 0 Å². The normalized spacial score (nSPS) is 10.7. The van der Waals surface area contributed by atoms with Crippen LogP contribution >= 0.6 is 11.6 Å². The Kier molecular flexibility index (Phi) is 4.76. The van der Waals surface area contributed by atoms with Crippen LogP contribution in [0.3, 0.4) is 0 Å². The molecule has 128 valence electrons. The number of aryl methyl sites for hydroxylation is 2. The SMILES string of the molecule is Cc1cccc(C)c1NC(=O)COC(=O)c1[nH]c2ccccc2c1Cl. The number of nitrogens with one attached hydrogen (secondary N) is 2. The molecule has 2 aromatic carbocycles. The van der Waals surface area contributed by atoms with Gasteiger partial charge in [-0.05, 0) is 31.0 Å². The Bertz CT molecular complexity index is 942. The van der Waals surface area contributed by atoms with Crippen molar-refractivity contribution >= 4 is 40.1 Å². The van der Waals surface area contributed by atoms with Crippen LogP contribution in [0.5, 0.6) is 0 Å². The van der Waals surface area contributed by atoms with Crippen LogP contribution in [0.2, 0.25) is 5.02 Å². The Morgan fingerprint density at radius 2 is 1.76 bits per heavy atom. The summed E-state index contributed by atoms with van der Waals surface area (Å²) in [6, 6.07) is 13.0. The van der Waals surface area contributed by atoms with Crippen molar-refractivity contribution in [2.45, 2.75) is 13.8 Å². The van der Waals surface area contributed by atoms with Crippen LogP contribution in [-0.2, 0) is 9.53 Å². The number of anilines is 1. The molecule has 0 radical (unpaired) electrons. The molecular formula is C19H17ClN2O3. The lowest BCUT2D eigenvalue weighted by Gasteiger charge is -2.11. The number of hydrogen-bond acceptors (Lipinski definition) is 3. The summed E-state index contributed by atoms with van der Waals surface area (Å²) in [5.74, 6) is -1.07. The highest BCUT2D eigenvalue weighted by Gasteiger charge is 2.19. The van der Waals surface area contributed by atoms with Crippen molar-refractivity contribution in [3.8, 4) is 0 Å². The molecule has 0 aliphatic rings. The van der Waals surface area contributed by atoms with Gasteiger partial charge >= 0.3 is 5.97 Å². The van der Waals surface area contributed by atoms with Crippen LogP contribution in [0.15, 0.2) is 42.5 Å². The van der Waals surface area contributed by atoms with Gasteiger partial charge < -0.3 is 15.0 Å². The molecule has 0 atom stereocenters. The number of aromatic nitrogens is 1. The fraction of sp³-hybridized carbons (Fsp3) is 0.158. The zero-order valence-electron chi connectivity index (χ0n) is 13.9. The topological polar surface area (TPSA) is 71.2 Å². The maximum atomic E-state index is 12.2. The second-order valence-corrected chi connectivity index (χ2v) is 6.13. The predicted molar refractivity (Wildman–Crippen MR) is 98.1 cm³/mol. The number of para-hydroxylation sites is 2. The van der Waals surface area contributed by atoms with E-state index >= 15 is 0 Å². The summed E-state index contributed by atoms with van der Waals surface area (Å²) in [5.41, 5.74) is 3.49. The van der Waals surface area contributed by atoms with E-state index in [-0.39, 0.29) is 10.7 Å². The van der Waals surface area contributed by atoms with Gasteiger partial charge in [0.05, 0.1) is 5.02 Å². The van der Waals surface area contributed by atoms with Crippen LogP contribution < -0.4 is 5.32 Å². The zero-order chi connectivity index (χ0) is 18.0. The van der Waals surface area contributed by atoms with Gasteiger partial charge in [0.1, 0.15) is 5.69 Å². The van der Waals surface area contributed by atoms with Crippen molar-refractivity contribution in [2.75, 3.05) is 11.9 Å². The molecule has 0 spiro atoms. The molecular weight excluding hydrogens is 340 g/mol. The minimum Gasteiger partial charge on any atom is -0.451 e. The molecule has 5 nitrogen and oxygen atoms in total. The molecule has 6 heteroatoms. The number of halogens is 1. The van der Waals surface area contributed by atoms with Gasteiger partial charge in [-0.3, -0.25) is 4.79 Å². The van der Waals surface area contributed by atoms with E-state index in [1.807, 2.05) is 50.2 Å². The molecule has 0 bridgehead atoms. The molecule has 0 aliphatic heterocycles. The van der Waals surface area contributed by atoms with Gasteiger partial charge in [-0.1, -0.05) is 48.0 Å². The molecule has 0 saturated heterocycles. The first-order valence-electron chi connectivity index (χ1n) is 7.76. The molecule has 25 heavy (non-hydrogen) atoms. The number of H-pyrrole nitrogens is 1. The molecule has 1 heterocycles. The highest BCUT2D eigenvalue weighted by Crippen LogP contribution is 2.27. The van der Waals surface area contributed by atoms with E-state index in [1.54, 1.807) is 6.07 Å². The molecule has 1 amide bonds.